The average Bonchev–Trinajstić information content (AvgIpc) is 2.27. The van der Waals surface area contributed by atoms with Gasteiger partial charge in [0, 0.05) is 18.7 Å². The van der Waals surface area contributed by atoms with Crippen molar-refractivity contribution >= 4 is 11.6 Å². The van der Waals surface area contributed by atoms with Crippen molar-refractivity contribution in [2.75, 3.05) is 12.8 Å². The first-order valence-electron chi connectivity index (χ1n) is 6.20. The van der Waals surface area contributed by atoms with E-state index in [0.717, 1.165) is 25.3 Å². The largest absolute Gasteiger partial charge is 0.573 e. The minimum absolute atomic E-state index is 0.204. The number of hydrogen-bond acceptors (Lipinski definition) is 3. The summed E-state index contributed by atoms with van der Waals surface area (Å²) in [5.74, 6) is -0.750. The van der Waals surface area contributed by atoms with Crippen LogP contribution in [0.4, 0.5) is 18.9 Å². The van der Waals surface area contributed by atoms with Crippen LogP contribution in [0.15, 0.2) is 18.2 Å². The highest BCUT2D eigenvalue weighted by atomic mass is 19.4. The number of rotatable bonds is 3. The van der Waals surface area contributed by atoms with Crippen molar-refractivity contribution in [2.24, 2.45) is 0 Å². The third-order valence-corrected chi connectivity index (χ3v) is 3.43. The van der Waals surface area contributed by atoms with Crippen LogP contribution in [0.2, 0.25) is 0 Å². The zero-order valence-corrected chi connectivity index (χ0v) is 10.9. The van der Waals surface area contributed by atoms with E-state index in [1.165, 1.54) is 12.1 Å². The van der Waals surface area contributed by atoms with E-state index in [1.54, 1.807) is 11.9 Å². The third-order valence-electron chi connectivity index (χ3n) is 3.43. The summed E-state index contributed by atoms with van der Waals surface area (Å²) in [6.45, 7) is 0. The van der Waals surface area contributed by atoms with Gasteiger partial charge in [-0.2, -0.15) is 0 Å². The number of ether oxygens (including phenoxy) is 1. The van der Waals surface area contributed by atoms with Crippen LogP contribution in [0.1, 0.15) is 29.6 Å². The number of benzene rings is 1. The van der Waals surface area contributed by atoms with Crippen molar-refractivity contribution in [3.05, 3.63) is 23.8 Å². The summed E-state index contributed by atoms with van der Waals surface area (Å²) >= 11 is 0. The molecular formula is C13H15F3N2O2. The maximum atomic E-state index is 12.1. The summed E-state index contributed by atoms with van der Waals surface area (Å²) in [6.07, 6.45) is -1.81. The van der Waals surface area contributed by atoms with E-state index in [-0.39, 0.29) is 23.2 Å². The fraction of sp³-hybridized carbons (Fsp3) is 0.462. The normalized spacial score (nSPS) is 15.6. The van der Waals surface area contributed by atoms with Gasteiger partial charge in [0.05, 0.1) is 5.69 Å². The summed E-state index contributed by atoms with van der Waals surface area (Å²) < 4.78 is 40.1. The van der Waals surface area contributed by atoms with Crippen LogP contribution in [0.3, 0.4) is 0 Å². The first-order valence-corrected chi connectivity index (χ1v) is 6.20. The van der Waals surface area contributed by atoms with Crippen LogP contribution in [0.5, 0.6) is 5.75 Å². The van der Waals surface area contributed by atoms with E-state index < -0.39 is 12.1 Å². The number of alkyl halides is 3. The monoisotopic (exact) mass is 288 g/mol. The zero-order valence-electron chi connectivity index (χ0n) is 10.9. The molecule has 1 aromatic carbocycles. The number of carbonyl (C=O) groups excluding carboxylic acids is 1. The van der Waals surface area contributed by atoms with Crippen molar-refractivity contribution < 1.29 is 22.7 Å². The highest BCUT2D eigenvalue weighted by molar-refractivity contribution is 5.95. The van der Waals surface area contributed by atoms with Crippen LogP contribution in [0, 0.1) is 0 Å². The van der Waals surface area contributed by atoms with Gasteiger partial charge in [0.2, 0.25) is 0 Å². The molecule has 0 radical (unpaired) electrons. The van der Waals surface area contributed by atoms with Gasteiger partial charge in [-0.1, -0.05) is 0 Å². The number of nitrogens with two attached hydrogens (primary N) is 1. The van der Waals surface area contributed by atoms with E-state index in [9.17, 15) is 18.0 Å². The molecule has 1 aromatic rings. The smallest absolute Gasteiger partial charge is 0.404 e. The molecule has 0 bridgehead atoms. The molecule has 4 nitrogen and oxygen atoms in total. The van der Waals surface area contributed by atoms with Crippen molar-refractivity contribution in [3.63, 3.8) is 0 Å². The number of amides is 1. The van der Waals surface area contributed by atoms with Gasteiger partial charge in [0.25, 0.3) is 5.91 Å². The lowest BCUT2D eigenvalue weighted by atomic mass is 9.91. The Hall–Kier alpha value is -1.92. The predicted molar refractivity (Wildman–Crippen MR) is 67.3 cm³/mol. The molecule has 2 rings (SSSR count). The molecule has 0 spiro atoms. The molecule has 1 saturated carbocycles. The number of nitrogen functional groups attached to an aromatic ring is 1. The topological polar surface area (TPSA) is 55.6 Å². The Balaban J connectivity index is 2.13. The molecule has 20 heavy (non-hydrogen) atoms. The molecule has 1 aliphatic carbocycles. The Kier molecular flexibility index (Phi) is 3.78. The number of carbonyl (C=O) groups is 1. The first kappa shape index (κ1) is 14.5. The average molecular weight is 288 g/mol. The maximum absolute atomic E-state index is 12.1. The van der Waals surface area contributed by atoms with E-state index in [1.807, 2.05) is 0 Å². The summed E-state index contributed by atoms with van der Waals surface area (Å²) in [5.41, 5.74) is 5.54. The molecule has 0 heterocycles. The molecular weight excluding hydrogens is 273 g/mol. The van der Waals surface area contributed by atoms with Gasteiger partial charge in [0.15, 0.2) is 5.75 Å². The number of halogens is 3. The molecule has 0 unspecified atom stereocenters. The second-order valence-electron chi connectivity index (χ2n) is 4.80. The lowest BCUT2D eigenvalue weighted by Crippen LogP contribution is -2.41. The molecule has 0 aromatic heterocycles. The fourth-order valence-electron chi connectivity index (χ4n) is 2.04. The van der Waals surface area contributed by atoms with Crippen LogP contribution in [-0.2, 0) is 0 Å². The van der Waals surface area contributed by atoms with Crippen LogP contribution in [0.25, 0.3) is 0 Å². The van der Waals surface area contributed by atoms with E-state index in [4.69, 9.17) is 5.73 Å². The molecule has 110 valence electrons. The lowest BCUT2D eigenvalue weighted by Gasteiger charge is -2.34. The summed E-state index contributed by atoms with van der Waals surface area (Å²) in [5, 5.41) is 0. The molecule has 2 N–H and O–H groups in total. The van der Waals surface area contributed by atoms with Crippen molar-refractivity contribution in [1.82, 2.24) is 4.90 Å². The number of nitrogens with zero attached hydrogens (tertiary/aromatic N) is 1. The van der Waals surface area contributed by atoms with Crippen LogP contribution < -0.4 is 10.5 Å². The second-order valence-corrected chi connectivity index (χ2v) is 4.80. The van der Waals surface area contributed by atoms with Crippen LogP contribution >= 0.6 is 0 Å². The summed E-state index contributed by atoms with van der Waals surface area (Å²) in [6, 6.07) is 3.76. The Bertz CT molecular complexity index is 513. The minimum Gasteiger partial charge on any atom is -0.404 e. The molecule has 1 amide bonds. The molecule has 0 aliphatic heterocycles. The Morgan fingerprint density at radius 2 is 2.05 bits per heavy atom. The standard InChI is InChI=1S/C13H15F3N2O2/c1-18(9-3-2-4-9)12(19)8-5-6-11(10(17)7-8)20-13(14,15)16/h5-7,9H,2-4,17H2,1H3. The van der Waals surface area contributed by atoms with Gasteiger partial charge < -0.3 is 15.4 Å². The van der Waals surface area contributed by atoms with Crippen LogP contribution in [-0.4, -0.2) is 30.3 Å². The third kappa shape index (κ3) is 3.15. The summed E-state index contributed by atoms with van der Waals surface area (Å²) in [7, 11) is 1.68. The van der Waals surface area contributed by atoms with Crippen molar-refractivity contribution in [1.29, 1.82) is 0 Å². The van der Waals surface area contributed by atoms with Gasteiger partial charge >= 0.3 is 6.36 Å². The predicted octanol–water partition coefficient (Wildman–Crippen LogP) is 2.79. The molecule has 0 atom stereocenters. The fourth-order valence-corrected chi connectivity index (χ4v) is 2.04. The Morgan fingerprint density at radius 1 is 1.40 bits per heavy atom. The first-order chi connectivity index (χ1) is 9.28. The maximum Gasteiger partial charge on any atom is 0.573 e. The van der Waals surface area contributed by atoms with Gasteiger partial charge in [-0.15, -0.1) is 13.2 Å². The lowest BCUT2D eigenvalue weighted by molar-refractivity contribution is -0.274. The van der Waals surface area contributed by atoms with Gasteiger partial charge in [-0.3, -0.25) is 4.79 Å². The van der Waals surface area contributed by atoms with Crippen molar-refractivity contribution in [3.8, 4) is 5.75 Å². The Morgan fingerprint density at radius 3 is 2.50 bits per heavy atom. The molecule has 1 aliphatic rings. The van der Waals surface area contributed by atoms with Gasteiger partial charge in [0.1, 0.15) is 0 Å². The second kappa shape index (κ2) is 5.22. The Labute approximate surface area is 114 Å². The highest BCUT2D eigenvalue weighted by Crippen LogP contribution is 2.30. The SMILES string of the molecule is CN(C(=O)c1ccc(OC(F)(F)F)c(N)c1)C1CCC1. The van der Waals surface area contributed by atoms with Crippen molar-refractivity contribution in [2.45, 2.75) is 31.7 Å². The molecule has 0 saturated heterocycles. The molecule has 1 fully saturated rings. The highest BCUT2D eigenvalue weighted by Gasteiger charge is 2.32. The quantitative estimate of drug-likeness (QED) is 0.870. The number of anilines is 1. The van der Waals surface area contributed by atoms with E-state index in [2.05, 4.69) is 4.74 Å². The van der Waals surface area contributed by atoms with E-state index >= 15 is 0 Å². The molecule has 7 heteroatoms. The van der Waals surface area contributed by atoms with Gasteiger partial charge in [-0.05, 0) is 37.5 Å². The van der Waals surface area contributed by atoms with E-state index in [0.29, 0.717) is 0 Å². The van der Waals surface area contributed by atoms with Gasteiger partial charge in [-0.25, -0.2) is 0 Å². The zero-order chi connectivity index (χ0) is 14.9. The number of hydrogen-bond donors (Lipinski definition) is 1. The minimum atomic E-state index is -4.80. The summed E-state index contributed by atoms with van der Waals surface area (Å²) in [4.78, 5) is 13.7.